The highest BCUT2D eigenvalue weighted by molar-refractivity contribution is 5.82. The van der Waals surface area contributed by atoms with E-state index in [-0.39, 0.29) is 5.91 Å². The highest BCUT2D eigenvalue weighted by Gasteiger charge is 2.15. The molecule has 0 unspecified atom stereocenters. The fourth-order valence-corrected chi connectivity index (χ4v) is 2.90. The molecule has 5 heteroatoms. The third-order valence-corrected chi connectivity index (χ3v) is 4.25. The number of nitrogens with zero attached hydrogens (tertiary/aromatic N) is 3. The summed E-state index contributed by atoms with van der Waals surface area (Å²) in [6.07, 6.45) is 6.44. The van der Waals surface area contributed by atoms with Crippen LogP contribution in [0.4, 0.5) is 0 Å². The van der Waals surface area contributed by atoms with Crippen LogP contribution in [0.2, 0.25) is 0 Å². The van der Waals surface area contributed by atoms with Gasteiger partial charge in [-0.1, -0.05) is 18.2 Å². The first-order chi connectivity index (χ1) is 12.8. The normalized spacial score (nSPS) is 10.8. The Morgan fingerprint density at radius 2 is 1.92 bits per heavy atom. The quantitative estimate of drug-likeness (QED) is 0.586. The van der Waals surface area contributed by atoms with Gasteiger partial charge in [0.25, 0.3) is 0 Å². The molecule has 0 saturated carbocycles. The molecule has 0 spiro atoms. The molecule has 0 atom stereocenters. The molecule has 3 aromatic rings. The van der Waals surface area contributed by atoms with Gasteiger partial charge in [0, 0.05) is 50.8 Å². The molecule has 0 radical (unpaired) electrons. The number of rotatable bonds is 8. The molecule has 134 valence electrons. The maximum Gasteiger partial charge on any atom is 0.227 e. The molecule has 0 fully saturated rings. The number of carbonyl (C=O) groups is 1. The molecular weight excluding hydrogens is 326 g/mol. The van der Waals surface area contributed by atoms with E-state index in [0.29, 0.717) is 26.1 Å². The number of hydrogen-bond donors (Lipinski definition) is 0. The van der Waals surface area contributed by atoms with Crippen LogP contribution < -0.4 is 0 Å². The number of amides is 1. The lowest BCUT2D eigenvalue weighted by Gasteiger charge is -2.23. The lowest BCUT2D eigenvalue weighted by atomic mass is 10.1. The van der Waals surface area contributed by atoms with Crippen LogP contribution in [0.5, 0.6) is 0 Å². The van der Waals surface area contributed by atoms with Gasteiger partial charge in [-0.25, -0.2) is 0 Å². The van der Waals surface area contributed by atoms with Crippen LogP contribution in [0.25, 0.3) is 10.9 Å². The van der Waals surface area contributed by atoms with Crippen molar-refractivity contribution >= 4 is 16.8 Å². The minimum absolute atomic E-state index is 0.0926. The van der Waals surface area contributed by atoms with E-state index >= 15 is 0 Å². The number of hydrogen-bond acceptors (Lipinski definition) is 4. The highest BCUT2D eigenvalue weighted by atomic mass is 16.5. The summed E-state index contributed by atoms with van der Waals surface area (Å²) in [5.41, 5.74) is 2.94. The molecule has 0 bridgehead atoms. The van der Waals surface area contributed by atoms with E-state index in [1.807, 2.05) is 47.4 Å². The fraction of sp³-hybridized carbons (Fsp3) is 0.286. The molecule has 0 aliphatic rings. The first-order valence-corrected chi connectivity index (χ1v) is 8.75. The summed E-state index contributed by atoms with van der Waals surface area (Å²) in [7, 11) is 1.68. The van der Waals surface area contributed by atoms with Crippen molar-refractivity contribution in [2.24, 2.45) is 0 Å². The lowest BCUT2D eigenvalue weighted by molar-refractivity contribution is -0.131. The zero-order chi connectivity index (χ0) is 18.2. The molecule has 2 aromatic heterocycles. The zero-order valence-electron chi connectivity index (χ0n) is 15.0. The Morgan fingerprint density at radius 3 is 2.73 bits per heavy atom. The van der Waals surface area contributed by atoms with Crippen LogP contribution >= 0.6 is 0 Å². The summed E-state index contributed by atoms with van der Waals surface area (Å²) in [5.74, 6) is 0.0926. The first kappa shape index (κ1) is 18.0. The van der Waals surface area contributed by atoms with E-state index in [0.717, 1.165) is 28.5 Å². The van der Waals surface area contributed by atoms with Crippen molar-refractivity contribution < 1.29 is 9.53 Å². The van der Waals surface area contributed by atoms with E-state index in [1.165, 1.54) is 0 Å². The van der Waals surface area contributed by atoms with Crippen LogP contribution in [-0.2, 0) is 22.5 Å². The Bertz CT molecular complexity index is 852. The SMILES string of the molecule is COCCCN(Cc1ccncc1)C(=O)Cc1cnc2ccccc2c1. The topological polar surface area (TPSA) is 55.3 Å². The van der Waals surface area contributed by atoms with Gasteiger partial charge in [0.1, 0.15) is 0 Å². The summed E-state index contributed by atoms with van der Waals surface area (Å²) in [6, 6.07) is 13.9. The Kier molecular flexibility index (Phi) is 6.28. The van der Waals surface area contributed by atoms with Gasteiger partial charge < -0.3 is 9.64 Å². The average molecular weight is 349 g/mol. The maximum absolute atomic E-state index is 12.9. The summed E-state index contributed by atoms with van der Waals surface area (Å²) in [5, 5.41) is 1.05. The van der Waals surface area contributed by atoms with Gasteiger partial charge in [-0.15, -0.1) is 0 Å². The van der Waals surface area contributed by atoms with Crippen molar-refractivity contribution in [3.8, 4) is 0 Å². The van der Waals surface area contributed by atoms with Crippen LogP contribution in [0.1, 0.15) is 17.5 Å². The number of carbonyl (C=O) groups excluding carboxylic acids is 1. The molecule has 26 heavy (non-hydrogen) atoms. The summed E-state index contributed by atoms with van der Waals surface area (Å²) in [4.78, 5) is 23.3. The lowest BCUT2D eigenvalue weighted by Crippen LogP contribution is -2.33. The van der Waals surface area contributed by atoms with Crippen molar-refractivity contribution in [2.75, 3.05) is 20.3 Å². The second kappa shape index (κ2) is 9.06. The number of fused-ring (bicyclic) bond motifs is 1. The molecule has 5 nitrogen and oxygen atoms in total. The van der Waals surface area contributed by atoms with E-state index in [2.05, 4.69) is 9.97 Å². The van der Waals surface area contributed by atoms with E-state index < -0.39 is 0 Å². The van der Waals surface area contributed by atoms with Gasteiger partial charge in [-0.3, -0.25) is 14.8 Å². The number of pyridine rings is 2. The number of benzene rings is 1. The Hall–Kier alpha value is -2.79. The fourth-order valence-electron chi connectivity index (χ4n) is 2.90. The minimum atomic E-state index is 0.0926. The Balaban J connectivity index is 1.72. The molecule has 2 heterocycles. The monoisotopic (exact) mass is 349 g/mol. The predicted molar refractivity (Wildman–Crippen MR) is 102 cm³/mol. The largest absolute Gasteiger partial charge is 0.385 e. The van der Waals surface area contributed by atoms with Gasteiger partial charge >= 0.3 is 0 Å². The number of ether oxygens (including phenoxy) is 1. The highest BCUT2D eigenvalue weighted by Crippen LogP contribution is 2.14. The van der Waals surface area contributed by atoms with Crippen LogP contribution in [0.15, 0.2) is 61.1 Å². The maximum atomic E-state index is 12.9. The molecule has 1 amide bonds. The van der Waals surface area contributed by atoms with Crippen molar-refractivity contribution in [1.29, 1.82) is 0 Å². The van der Waals surface area contributed by atoms with Crippen LogP contribution in [0.3, 0.4) is 0 Å². The van der Waals surface area contributed by atoms with Gasteiger partial charge in [0.2, 0.25) is 5.91 Å². The number of methoxy groups -OCH3 is 1. The van der Waals surface area contributed by atoms with Crippen LogP contribution in [-0.4, -0.2) is 41.0 Å². The summed E-state index contributed by atoms with van der Waals surface area (Å²) >= 11 is 0. The molecule has 0 N–H and O–H groups in total. The predicted octanol–water partition coefficient (Wildman–Crippen LogP) is 3.24. The van der Waals surface area contributed by atoms with E-state index in [4.69, 9.17) is 4.74 Å². The van der Waals surface area contributed by atoms with Gasteiger partial charge in [-0.05, 0) is 41.8 Å². The molecule has 0 aliphatic heterocycles. The van der Waals surface area contributed by atoms with Crippen LogP contribution in [0, 0.1) is 0 Å². The summed E-state index contributed by atoms with van der Waals surface area (Å²) in [6.45, 7) is 1.87. The van der Waals surface area contributed by atoms with E-state index in [1.54, 1.807) is 25.7 Å². The molecular formula is C21H23N3O2. The van der Waals surface area contributed by atoms with Crippen molar-refractivity contribution in [2.45, 2.75) is 19.4 Å². The standard InChI is InChI=1S/C21H23N3O2/c1-26-12-4-11-24(16-17-7-9-22-10-8-17)21(25)14-18-13-19-5-2-3-6-20(19)23-15-18/h2-3,5-10,13,15H,4,11-12,14,16H2,1H3. The Labute approximate surface area is 153 Å². The van der Waals surface area contributed by atoms with Crippen molar-refractivity contribution in [1.82, 2.24) is 14.9 Å². The Morgan fingerprint density at radius 1 is 1.12 bits per heavy atom. The number of aromatic nitrogens is 2. The average Bonchev–Trinajstić information content (AvgIpc) is 2.68. The smallest absolute Gasteiger partial charge is 0.227 e. The number of para-hydroxylation sites is 1. The molecule has 3 rings (SSSR count). The molecule has 0 aliphatic carbocycles. The van der Waals surface area contributed by atoms with Crippen molar-refractivity contribution in [3.05, 3.63) is 72.2 Å². The second-order valence-corrected chi connectivity index (χ2v) is 6.23. The van der Waals surface area contributed by atoms with Gasteiger partial charge in [0.05, 0.1) is 11.9 Å². The minimum Gasteiger partial charge on any atom is -0.385 e. The molecule has 1 aromatic carbocycles. The zero-order valence-corrected chi connectivity index (χ0v) is 15.0. The van der Waals surface area contributed by atoms with Gasteiger partial charge in [0.15, 0.2) is 0 Å². The third-order valence-electron chi connectivity index (χ3n) is 4.25. The van der Waals surface area contributed by atoms with Crippen molar-refractivity contribution in [3.63, 3.8) is 0 Å². The van der Waals surface area contributed by atoms with Gasteiger partial charge in [-0.2, -0.15) is 0 Å². The second-order valence-electron chi connectivity index (χ2n) is 6.23. The third kappa shape index (κ3) is 4.86. The van der Waals surface area contributed by atoms with E-state index in [9.17, 15) is 4.79 Å². The first-order valence-electron chi connectivity index (χ1n) is 8.75. The summed E-state index contributed by atoms with van der Waals surface area (Å²) < 4.78 is 5.13. The molecule has 0 saturated heterocycles.